The molecule has 110 valence electrons. The summed E-state index contributed by atoms with van der Waals surface area (Å²) in [7, 11) is 0. The number of carbonyl (C=O) groups is 1. The van der Waals surface area contributed by atoms with E-state index in [1.165, 1.54) is 0 Å². The number of furan rings is 1. The molecule has 0 bridgehead atoms. The Hall–Kier alpha value is -2.43. The molecule has 1 aromatic heterocycles. The maximum Gasteiger partial charge on any atom is 0.321 e. The van der Waals surface area contributed by atoms with Crippen molar-refractivity contribution in [3.63, 3.8) is 0 Å². The summed E-state index contributed by atoms with van der Waals surface area (Å²) in [5.41, 5.74) is 1.96. The molecular weight excluding hydrogens is 266 g/mol. The SMILES string of the molecule is CC(Cc1ccco1)Nc1ccc(N2CCNC2=O)cc1. The second-order valence-electron chi connectivity index (χ2n) is 5.26. The molecule has 1 aromatic carbocycles. The van der Waals surface area contributed by atoms with Crippen molar-refractivity contribution in [2.75, 3.05) is 23.3 Å². The summed E-state index contributed by atoms with van der Waals surface area (Å²) >= 11 is 0. The molecule has 0 saturated carbocycles. The normalized spacial score (nSPS) is 15.9. The average molecular weight is 285 g/mol. The molecule has 1 aliphatic heterocycles. The second kappa shape index (κ2) is 5.91. The van der Waals surface area contributed by atoms with Gasteiger partial charge < -0.3 is 15.1 Å². The summed E-state index contributed by atoms with van der Waals surface area (Å²) in [6, 6.07) is 12.1. The second-order valence-corrected chi connectivity index (χ2v) is 5.26. The van der Waals surface area contributed by atoms with Crippen molar-refractivity contribution >= 4 is 17.4 Å². The van der Waals surface area contributed by atoms with Gasteiger partial charge in [-0.05, 0) is 43.3 Å². The van der Waals surface area contributed by atoms with E-state index in [-0.39, 0.29) is 12.1 Å². The fourth-order valence-corrected chi connectivity index (χ4v) is 2.52. The van der Waals surface area contributed by atoms with Gasteiger partial charge in [0.15, 0.2) is 0 Å². The number of nitrogens with one attached hydrogen (secondary N) is 2. The Morgan fingerprint density at radius 2 is 2.14 bits per heavy atom. The molecule has 1 saturated heterocycles. The smallest absolute Gasteiger partial charge is 0.321 e. The number of amides is 2. The zero-order valence-corrected chi connectivity index (χ0v) is 12.0. The first kappa shape index (κ1) is 13.5. The van der Waals surface area contributed by atoms with Crippen LogP contribution in [0.25, 0.3) is 0 Å². The van der Waals surface area contributed by atoms with Crippen molar-refractivity contribution in [3.05, 3.63) is 48.4 Å². The highest BCUT2D eigenvalue weighted by molar-refractivity contribution is 5.94. The van der Waals surface area contributed by atoms with Gasteiger partial charge in [0.05, 0.1) is 6.26 Å². The quantitative estimate of drug-likeness (QED) is 0.888. The molecule has 2 aromatic rings. The molecule has 0 spiro atoms. The lowest BCUT2D eigenvalue weighted by Gasteiger charge is -2.17. The third kappa shape index (κ3) is 3.18. The van der Waals surface area contributed by atoms with Crippen LogP contribution in [0.5, 0.6) is 0 Å². The Bertz CT molecular complexity index is 592. The molecule has 21 heavy (non-hydrogen) atoms. The van der Waals surface area contributed by atoms with Gasteiger partial charge in [0, 0.05) is 36.9 Å². The molecule has 0 radical (unpaired) electrons. The number of rotatable bonds is 5. The van der Waals surface area contributed by atoms with Crippen LogP contribution >= 0.6 is 0 Å². The fourth-order valence-electron chi connectivity index (χ4n) is 2.52. The summed E-state index contributed by atoms with van der Waals surface area (Å²) in [6.07, 6.45) is 2.53. The highest BCUT2D eigenvalue weighted by Crippen LogP contribution is 2.20. The molecule has 3 rings (SSSR count). The molecule has 0 aliphatic carbocycles. The predicted octanol–water partition coefficient (Wildman–Crippen LogP) is 2.85. The number of hydrogen-bond acceptors (Lipinski definition) is 3. The summed E-state index contributed by atoms with van der Waals surface area (Å²) in [5.74, 6) is 0.973. The molecule has 2 N–H and O–H groups in total. The Morgan fingerprint density at radius 3 is 2.76 bits per heavy atom. The van der Waals surface area contributed by atoms with Crippen molar-refractivity contribution < 1.29 is 9.21 Å². The molecule has 5 heteroatoms. The lowest BCUT2D eigenvalue weighted by atomic mass is 10.2. The van der Waals surface area contributed by atoms with Crippen LogP contribution in [0.2, 0.25) is 0 Å². The predicted molar refractivity (Wildman–Crippen MR) is 82.7 cm³/mol. The third-order valence-electron chi connectivity index (χ3n) is 3.54. The van der Waals surface area contributed by atoms with Crippen LogP contribution in [-0.2, 0) is 6.42 Å². The van der Waals surface area contributed by atoms with Gasteiger partial charge in [-0.1, -0.05) is 0 Å². The monoisotopic (exact) mass is 285 g/mol. The van der Waals surface area contributed by atoms with E-state index in [0.717, 1.165) is 30.1 Å². The number of hydrogen-bond donors (Lipinski definition) is 2. The van der Waals surface area contributed by atoms with Gasteiger partial charge in [0.1, 0.15) is 5.76 Å². The van der Waals surface area contributed by atoms with Crippen molar-refractivity contribution in [1.29, 1.82) is 0 Å². The standard InChI is InChI=1S/C16H19N3O2/c1-12(11-15-3-2-10-21-15)18-13-4-6-14(7-5-13)19-9-8-17-16(19)20/h2-7,10,12,18H,8-9,11H2,1H3,(H,17,20). The van der Waals surface area contributed by atoms with E-state index in [9.17, 15) is 4.79 Å². The zero-order chi connectivity index (χ0) is 14.7. The van der Waals surface area contributed by atoms with Crippen LogP contribution < -0.4 is 15.5 Å². The van der Waals surface area contributed by atoms with Gasteiger partial charge in [-0.15, -0.1) is 0 Å². The van der Waals surface area contributed by atoms with Gasteiger partial charge in [-0.25, -0.2) is 4.79 Å². The Labute approximate surface area is 123 Å². The molecule has 1 fully saturated rings. The summed E-state index contributed by atoms with van der Waals surface area (Å²) in [6.45, 7) is 3.55. The highest BCUT2D eigenvalue weighted by Gasteiger charge is 2.20. The lowest BCUT2D eigenvalue weighted by molar-refractivity contribution is 0.252. The molecule has 2 amide bonds. The maximum atomic E-state index is 11.6. The van der Waals surface area contributed by atoms with Crippen molar-refractivity contribution in [2.24, 2.45) is 0 Å². The molecule has 1 atom stereocenters. The van der Waals surface area contributed by atoms with E-state index in [1.807, 2.05) is 36.4 Å². The first-order chi connectivity index (χ1) is 10.2. The van der Waals surface area contributed by atoms with Gasteiger partial charge in [-0.2, -0.15) is 0 Å². The largest absolute Gasteiger partial charge is 0.469 e. The van der Waals surface area contributed by atoms with Gasteiger partial charge in [0.2, 0.25) is 0 Å². The van der Waals surface area contributed by atoms with E-state index in [1.54, 1.807) is 11.2 Å². The minimum absolute atomic E-state index is 0.0260. The van der Waals surface area contributed by atoms with E-state index >= 15 is 0 Å². The van der Waals surface area contributed by atoms with Crippen LogP contribution in [-0.4, -0.2) is 25.2 Å². The van der Waals surface area contributed by atoms with Gasteiger partial charge in [0.25, 0.3) is 0 Å². The van der Waals surface area contributed by atoms with Crippen LogP contribution in [0.3, 0.4) is 0 Å². The Balaban J connectivity index is 1.60. The number of benzene rings is 1. The summed E-state index contributed by atoms with van der Waals surface area (Å²) < 4.78 is 5.35. The topological polar surface area (TPSA) is 57.5 Å². The number of nitrogens with zero attached hydrogens (tertiary/aromatic N) is 1. The van der Waals surface area contributed by atoms with E-state index in [4.69, 9.17) is 4.42 Å². The third-order valence-corrected chi connectivity index (χ3v) is 3.54. The van der Waals surface area contributed by atoms with Crippen molar-refractivity contribution in [3.8, 4) is 0 Å². The number of carbonyl (C=O) groups excluding carboxylic acids is 1. The van der Waals surface area contributed by atoms with Crippen LogP contribution in [0.15, 0.2) is 47.1 Å². The minimum atomic E-state index is -0.0260. The van der Waals surface area contributed by atoms with E-state index < -0.39 is 0 Å². The molecule has 2 heterocycles. The van der Waals surface area contributed by atoms with Gasteiger partial charge >= 0.3 is 6.03 Å². The molecular formula is C16H19N3O2. The average Bonchev–Trinajstić information content (AvgIpc) is 3.11. The lowest BCUT2D eigenvalue weighted by Crippen LogP contribution is -2.27. The van der Waals surface area contributed by atoms with Crippen LogP contribution in [0.1, 0.15) is 12.7 Å². The van der Waals surface area contributed by atoms with Gasteiger partial charge in [-0.3, -0.25) is 4.90 Å². The zero-order valence-electron chi connectivity index (χ0n) is 12.0. The molecule has 1 aliphatic rings. The van der Waals surface area contributed by atoms with E-state index in [0.29, 0.717) is 6.54 Å². The first-order valence-corrected chi connectivity index (χ1v) is 7.17. The maximum absolute atomic E-state index is 11.6. The van der Waals surface area contributed by atoms with Crippen molar-refractivity contribution in [2.45, 2.75) is 19.4 Å². The summed E-state index contributed by atoms with van der Waals surface area (Å²) in [4.78, 5) is 13.3. The molecule has 1 unspecified atom stereocenters. The number of urea groups is 1. The Kier molecular flexibility index (Phi) is 3.81. The highest BCUT2D eigenvalue weighted by atomic mass is 16.3. The first-order valence-electron chi connectivity index (χ1n) is 7.17. The fraction of sp³-hybridized carbons (Fsp3) is 0.312. The van der Waals surface area contributed by atoms with Crippen LogP contribution in [0.4, 0.5) is 16.2 Å². The van der Waals surface area contributed by atoms with Crippen molar-refractivity contribution in [1.82, 2.24) is 5.32 Å². The summed E-state index contributed by atoms with van der Waals surface area (Å²) in [5, 5.41) is 6.23. The minimum Gasteiger partial charge on any atom is -0.469 e. The number of anilines is 2. The van der Waals surface area contributed by atoms with E-state index in [2.05, 4.69) is 17.6 Å². The Morgan fingerprint density at radius 1 is 1.33 bits per heavy atom. The van der Waals surface area contributed by atoms with Crippen LogP contribution in [0, 0.1) is 0 Å². The molecule has 5 nitrogen and oxygen atoms in total.